The maximum atomic E-state index is 12.0. The lowest BCUT2D eigenvalue weighted by atomic mass is 10.1. The minimum atomic E-state index is -2.30. The lowest BCUT2D eigenvalue weighted by Gasteiger charge is -2.28. The van der Waals surface area contributed by atoms with E-state index in [1.165, 1.54) is 26.3 Å². The summed E-state index contributed by atoms with van der Waals surface area (Å²) in [6.45, 7) is 2.07. The van der Waals surface area contributed by atoms with E-state index >= 15 is 0 Å². The van der Waals surface area contributed by atoms with E-state index in [-0.39, 0.29) is 5.96 Å². The normalized spacial score (nSPS) is 17.2. The molecule has 1 aliphatic rings. The number of anilines is 1. The molecule has 3 N–H and O–H groups in total. The maximum absolute atomic E-state index is 12.0. The maximum Gasteiger partial charge on any atom is 0.280 e. The van der Waals surface area contributed by atoms with Crippen molar-refractivity contribution in [3.05, 3.63) is 29.8 Å². The second-order valence-electron chi connectivity index (χ2n) is 5.10. The molecule has 1 atom stereocenters. The monoisotopic (exact) mass is 324 g/mol. The van der Waals surface area contributed by atoms with E-state index in [0.29, 0.717) is 5.56 Å². The van der Waals surface area contributed by atoms with E-state index < -0.39 is 17.2 Å². The van der Waals surface area contributed by atoms with Crippen molar-refractivity contribution in [3.63, 3.8) is 0 Å². The molecule has 1 heterocycles. The van der Waals surface area contributed by atoms with Crippen molar-refractivity contribution >= 4 is 28.8 Å². The van der Waals surface area contributed by atoms with E-state index in [9.17, 15) is 9.00 Å². The van der Waals surface area contributed by atoms with Gasteiger partial charge in [0.2, 0.25) is 5.96 Å². The Labute approximate surface area is 132 Å². The van der Waals surface area contributed by atoms with Crippen LogP contribution in [0.3, 0.4) is 0 Å². The van der Waals surface area contributed by atoms with Gasteiger partial charge in [-0.1, -0.05) is 0 Å². The highest BCUT2D eigenvalue weighted by atomic mass is 32.2. The fraction of sp³-hybridized carbons (Fsp3) is 0.429. The van der Waals surface area contributed by atoms with Crippen molar-refractivity contribution in [1.82, 2.24) is 4.31 Å². The van der Waals surface area contributed by atoms with Crippen LogP contribution >= 0.6 is 0 Å². The Kier molecular flexibility index (Phi) is 5.51. The first kappa shape index (κ1) is 16.4. The van der Waals surface area contributed by atoms with Crippen LogP contribution in [0.25, 0.3) is 0 Å². The smallest absolute Gasteiger partial charge is 0.280 e. The molecule has 0 spiro atoms. The van der Waals surface area contributed by atoms with Gasteiger partial charge in [-0.15, -0.1) is 0 Å². The largest absolute Gasteiger partial charge is 0.372 e. The van der Waals surface area contributed by atoms with Crippen molar-refractivity contribution in [2.75, 3.05) is 25.0 Å². The average molecular weight is 324 g/mol. The Bertz CT molecular complexity index is 582. The number of rotatable bonds is 3. The highest BCUT2D eigenvalue weighted by Gasteiger charge is 2.13. The molecular weight excluding hydrogens is 304 g/mol. The highest BCUT2D eigenvalue weighted by Crippen LogP contribution is 2.20. The molecule has 0 bridgehead atoms. The topological polar surface area (TPSA) is 99.2 Å². The van der Waals surface area contributed by atoms with E-state index in [2.05, 4.69) is 9.89 Å². The Balaban J connectivity index is 2.07. The van der Waals surface area contributed by atoms with Crippen LogP contribution in [0.2, 0.25) is 0 Å². The predicted octanol–water partition coefficient (Wildman–Crippen LogP) is 1.20. The second kappa shape index (κ2) is 7.37. The fourth-order valence-corrected chi connectivity index (χ4v) is 2.49. The van der Waals surface area contributed by atoms with Gasteiger partial charge in [-0.3, -0.25) is 9.35 Å². The van der Waals surface area contributed by atoms with Gasteiger partial charge in [0.15, 0.2) is 0 Å². The molecule has 0 aromatic heterocycles. The third-order valence-electron chi connectivity index (χ3n) is 3.61. The van der Waals surface area contributed by atoms with Crippen LogP contribution in [-0.4, -0.2) is 45.1 Å². The number of guanidine groups is 1. The molecule has 1 aliphatic heterocycles. The predicted molar refractivity (Wildman–Crippen MR) is 87.0 cm³/mol. The summed E-state index contributed by atoms with van der Waals surface area (Å²) in [6, 6.07) is 7.16. The zero-order chi connectivity index (χ0) is 16.1. The third kappa shape index (κ3) is 4.05. The molecule has 8 heteroatoms. The van der Waals surface area contributed by atoms with Crippen molar-refractivity contribution < 1.29 is 13.6 Å². The van der Waals surface area contributed by atoms with Crippen molar-refractivity contribution in [2.24, 2.45) is 10.7 Å². The molecule has 1 unspecified atom stereocenters. The summed E-state index contributed by atoms with van der Waals surface area (Å²) < 4.78 is 20.5. The average Bonchev–Trinajstić information content (AvgIpc) is 2.54. The minimum absolute atomic E-state index is 0.300. The minimum Gasteiger partial charge on any atom is -0.372 e. The van der Waals surface area contributed by atoms with Gasteiger partial charge < -0.3 is 10.6 Å². The van der Waals surface area contributed by atoms with E-state index in [1.54, 1.807) is 12.1 Å². The zero-order valence-corrected chi connectivity index (χ0v) is 13.3. The van der Waals surface area contributed by atoms with Gasteiger partial charge in [0, 0.05) is 31.4 Å². The molecule has 0 saturated carbocycles. The summed E-state index contributed by atoms with van der Waals surface area (Å²) in [6.07, 6.45) is 3.64. The zero-order valence-electron chi connectivity index (χ0n) is 12.4. The first-order chi connectivity index (χ1) is 10.5. The lowest BCUT2D eigenvalue weighted by Crippen LogP contribution is -2.35. The molecule has 2 rings (SSSR count). The Hall–Kier alpha value is -1.93. The molecule has 7 nitrogen and oxygen atoms in total. The summed E-state index contributed by atoms with van der Waals surface area (Å²) in [5.74, 6) is -0.842. The van der Waals surface area contributed by atoms with E-state index in [0.717, 1.165) is 23.1 Å². The van der Waals surface area contributed by atoms with Crippen LogP contribution in [-0.2, 0) is 11.3 Å². The molecule has 1 aromatic rings. The van der Waals surface area contributed by atoms with Gasteiger partial charge in [0.25, 0.3) is 17.2 Å². The molecule has 0 radical (unpaired) electrons. The number of benzene rings is 1. The van der Waals surface area contributed by atoms with E-state index in [4.69, 9.17) is 10.3 Å². The van der Waals surface area contributed by atoms with Crippen molar-refractivity contribution in [1.29, 1.82) is 0 Å². The molecular formula is C14H20N4O3S. The first-order valence-corrected chi connectivity index (χ1v) is 8.13. The van der Waals surface area contributed by atoms with Crippen LogP contribution in [0.4, 0.5) is 5.69 Å². The Morgan fingerprint density at radius 1 is 1.27 bits per heavy atom. The van der Waals surface area contributed by atoms with Gasteiger partial charge in [-0.2, -0.15) is 4.99 Å². The van der Waals surface area contributed by atoms with Crippen molar-refractivity contribution in [3.8, 4) is 0 Å². The number of piperidine rings is 1. The second-order valence-corrected chi connectivity index (χ2v) is 6.11. The first-order valence-electron chi connectivity index (χ1n) is 7.07. The number of carbonyl (C=O) groups excluding carboxylic acids is 1. The summed E-state index contributed by atoms with van der Waals surface area (Å²) in [4.78, 5) is 17.9. The number of hydrogen-bond acceptors (Lipinski definition) is 3. The number of hydrogen-bond donors (Lipinski definition) is 2. The van der Waals surface area contributed by atoms with Gasteiger partial charge in [-0.05, 0) is 43.5 Å². The lowest BCUT2D eigenvalue weighted by molar-refractivity contribution is 0.100. The molecule has 22 heavy (non-hydrogen) atoms. The SMILES string of the molecule is CN(C(N)=NC(=O)c1ccc(N2CCCCC2)cc1)S(=O)O. The summed E-state index contributed by atoms with van der Waals surface area (Å²) in [5, 5.41) is 0. The van der Waals surface area contributed by atoms with Gasteiger partial charge in [-0.25, -0.2) is 8.51 Å². The molecule has 0 aliphatic carbocycles. The summed E-state index contributed by atoms with van der Waals surface area (Å²) in [5.41, 5.74) is 6.97. The van der Waals surface area contributed by atoms with Gasteiger partial charge in [0.1, 0.15) is 0 Å². The summed E-state index contributed by atoms with van der Waals surface area (Å²) in [7, 11) is 1.28. The van der Waals surface area contributed by atoms with Crippen LogP contribution < -0.4 is 10.6 Å². The molecule has 1 aromatic carbocycles. The van der Waals surface area contributed by atoms with Crippen LogP contribution in [0.15, 0.2) is 29.3 Å². The quantitative estimate of drug-likeness (QED) is 0.494. The fourth-order valence-electron chi connectivity index (χ4n) is 2.29. The van der Waals surface area contributed by atoms with Crippen LogP contribution in [0.5, 0.6) is 0 Å². The van der Waals surface area contributed by atoms with Crippen LogP contribution in [0.1, 0.15) is 29.6 Å². The van der Waals surface area contributed by atoms with Crippen molar-refractivity contribution in [2.45, 2.75) is 19.3 Å². The number of aliphatic imine (C=N–C) groups is 1. The highest BCUT2D eigenvalue weighted by molar-refractivity contribution is 7.77. The summed E-state index contributed by atoms with van der Waals surface area (Å²) >= 11 is -2.30. The number of carbonyl (C=O) groups is 1. The number of nitrogens with zero attached hydrogens (tertiary/aromatic N) is 3. The Morgan fingerprint density at radius 3 is 2.41 bits per heavy atom. The van der Waals surface area contributed by atoms with Gasteiger partial charge in [0.05, 0.1) is 0 Å². The Morgan fingerprint density at radius 2 is 1.86 bits per heavy atom. The third-order valence-corrected chi connectivity index (χ3v) is 4.26. The van der Waals surface area contributed by atoms with Gasteiger partial charge >= 0.3 is 0 Å². The number of nitrogens with two attached hydrogens (primary N) is 1. The molecule has 120 valence electrons. The standard InChI is InChI=1S/C14H20N4O3S/c1-17(22(20)21)14(15)16-13(19)11-5-7-12(8-6-11)18-9-3-2-4-10-18/h5-8H,2-4,9-10H2,1H3,(H,20,21)(H2,15,16,19). The van der Waals surface area contributed by atoms with E-state index in [1.807, 2.05) is 12.1 Å². The molecule has 1 amide bonds. The molecule has 1 fully saturated rings. The number of amides is 1. The van der Waals surface area contributed by atoms with Crippen LogP contribution in [0, 0.1) is 0 Å². The molecule has 1 saturated heterocycles.